The Hall–Kier alpha value is -1.51. The number of aliphatic hydroxyl groups excluding tert-OH is 1. The van der Waals surface area contributed by atoms with E-state index in [1.165, 1.54) is 7.11 Å². The van der Waals surface area contributed by atoms with Crippen molar-refractivity contribution in [2.45, 2.75) is 82.6 Å². The second-order valence-electron chi connectivity index (χ2n) is 10.4. The molecule has 2 heterocycles. The topological polar surface area (TPSA) is 51.2 Å². The first kappa shape index (κ1) is 23.6. The zero-order valence-electron chi connectivity index (χ0n) is 19.3. The number of hydrogen-bond donors (Lipinski definition) is 1. The lowest BCUT2D eigenvalue weighted by Crippen LogP contribution is -2.53. The second-order valence-corrected chi connectivity index (χ2v) is 10.4. The van der Waals surface area contributed by atoms with E-state index in [2.05, 4.69) is 4.90 Å². The van der Waals surface area contributed by atoms with Crippen molar-refractivity contribution in [1.82, 2.24) is 4.90 Å². The Balaban J connectivity index is 1.54. The Morgan fingerprint density at radius 2 is 2.03 bits per heavy atom. The van der Waals surface area contributed by atoms with Crippen LogP contribution in [0.1, 0.15) is 63.6 Å². The highest BCUT2D eigenvalue weighted by Crippen LogP contribution is 2.45. The van der Waals surface area contributed by atoms with Crippen LogP contribution >= 0.6 is 0 Å². The Labute approximate surface area is 187 Å². The van der Waals surface area contributed by atoms with Gasteiger partial charge in [-0.2, -0.15) is 0 Å². The number of aliphatic hydroxyl groups is 1. The molecule has 5 nitrogen and oxygen atoms in total. The molecule has 1 saturated carbocycles. The fourth-order valence-corrected chi connectivity index (χ4v) is 5.29. The number of benzene rings is 1. The van der Waals surface area contributed by atoms with Gasteiger partial charge in [0.1, 0.15) is 0 Å². The van der Waals surface area contributed by atoms with E-state index < -0.39 is 17.8 Å². The molecule has 8 heteroatoms. The minimum atomic E-state index is -2.66. The fraction of sp³-hybridized carbons (Fsp3) is 0.750. The normalized spacial score (nSPS) is 30.0. The molecule has 4 atom stereocenters. The van der Waals surface area contributed by atoms with Crippen molar-refractivity contribution < 1.29 is 32.5 Å². The molecule has 0 aromatic heterocycles. The molecule has 4 rings (SSSR count). The van der Waals surface area contributed by atoms with Gasteiger partial charge in [-0.25, -0.2) is 13.2 Å². The average Bonchev–Trinajstić information content (AvgIpc) is 3.05. The summed E-state index contributed by atoms with van der Waals surface area (Å²) in [7, 11) is 1.45. The van der Waals surface area contributed by atoms with E-state index in [0.29, 0.717) is 37.9 Å². The van der Waals surface area contributed by atoms with E-state index in [9.17, 15) is 13.9 Å². The third-order valence-corrected chi connectivity index (χ3v) is 6.77. The number of rotatable bonds is 5. The molecule has 2 fully saturated rings. The fourth-order valence-electron chi connectivity index (χ4n) is 5.29. The van der Waals surface area contributed by atoms with Gasteiger partial charge in [0.25, 0.3) is 0 Å². The predicted molar refractivity (Wildman–Crippen MR) is 114 cm³/mol. The minimum Gasteiger partial charge on any atom is -0.493 e. The highest BCUT2D eigenvalue weighted by Gasteiger charge is 2.42. The third-order valence-electron chi connectivity index (χ3n) is 6.77. The van der Waals surface area contributed by atoms with E-state index in [-0.39, 0.29) is 54.6 Å². The summed E-state index contributed by atoms with van der Waals surface area (Å²) in [4.78, 5) is 2.23. The maximum absolute atomic E-state index is 15.5. The number of halogens is 3. The number of fused-ring (bicyclic) bond motifs is 3. The Kier molecular flexibility index (Phi) is 6.42. The standard InChI is InChI=1S/C24H34F3NO4/c1-23(2,3)32-20-12-28-8-6-15-16(17(28)10-18(20)29)9-19(30-4)22(21(15)25)31-13-14-5-7-24(26,27)11-14/h9,14,17-18,20,29H,5-8,10-13H2,1-4H3/t14?,17-,18-,20-/m1/s1. The summed E-state index contributed by atoms with van der Waals surface area (Å²) in [5.74, 6) is -3.18. The van der Waals surface area contributed by atoms with E-state index in [0.717, 1.165) is 5.56 Å². The van der Waals surface area contributed by atoms with Crippen molar-refractivity contribution in [3.8, 4) is 11.5 Å². The van der Waals surface area contributed by atoms with Gasteiger partial charge in [0.05, 0.1) is 31.5 Å². The van der Waals surface area contributed by atoms with Crippen molar-refractivity contribution in [1.29, 1.82) is 0 Å². The molecule has 1 unspecified atom stereocenters. The SMILES string of the molecule is COc1cc2c(c(F)c1OCC1CCC(F)(F)C1)CCN1C[C@@H](OC(C)(C)C)[C@H](O)C[C@H]21. The zero-order chi connectivity index (χ0) is 23.3. The largest absolute Gasteiger partial charge is 0.493 e. The van der Waals surface area contributed by atoms with Gasteiger partial charge in [0.2, 0.25) is 5.92 Å². The smallest absolute Gasteiger partial charge is 0.248 e. The van der Waals surface area contributed by atoms with Crippen LogP contribution < -0.4 is 9.47 Å². The van der Waals surface area contributed by atoms with Crippen LogP contribution in [0.3, 0.4) is 0 Å². The zero-order valence-corrected chi connectivity index (χ0v) is 19.3. The van der Waals surface area contributed by atoms with Gasteiger partial charge in [0.15, 0.2) is 17.3 Å². The van der Waals surface area contributed by atoms with Gasteiger partial charge in [0, 0.05) is 32.0 Å². The minimum absolute atomic E-state index is 0.000201. The molecule has 0 amide bonds. The molecule has 0 spiro atoms. The number of methoxy groups -OCH3 is 1. The van der Waals surface area contributed by atoms with Crippen LogP contribution in [-0.4, -0.2) is 60.5 Å². The summed E-state index contributed by atoms with van der Waals surface area (Å²) < 4.78 is 59.7. The summed E-state index contributed by atoms with van der Waals surface area (Å²) in [6, 6.07) is 1.64. The van der Waals surface area contributed by atoms with Crippen LogP contribution in [0.15, 0.2) is 6.07 Å². The Bertz CT molecular complexity index is 842. The number of piperidine rings is 1. The molecule has 1 saturated heterocycles. The molecule has 1 aliphatic carbocycles. The number of alkyl halides is 2. The molecule has 0 bridgehead atoms. The van der Waals surface area contributed by atoms with Crippen molar-refractivity contribution in [2.24, 2.45) is 5.92 Å². The first-order chi connectivity index (χ1) is 15.0. The lowest BCUT2D eigenvalue weighted by Gasteiger charge is -2.47. The van der Waals surface area contributed by atoms with Gasteiger partial charge in [-0.05, 0) is 63.1 Å². The highest BCUT2D eigenvalue weighted by molar-refractivity contribution is 5.51. The van der Waals surface area contributed by atoms with Gasteiger partial charge < -0.3 is 19.3 Å². The van der Waals surface area contributed by atoms with Crippen LogP contribution in [0.4, 0.5) is 13.2 Å². The summed E-state index contributed by atoms with van der Waals surface area (Å²) in [6.45, 7) is 7.15. The molecule has 1 aromatic carbocycles. The average molecular weight is 458 g/mol. The van der Waals surface area contributed by atoms with Gasteiger partial charge in [-0.3, -0.25) is 4.90 Å². The van der Waals surface area contributed by atoms with Crippen molar-refractivity contribution in [3.63, 3.8) is 0 Å². The number of ether oxygens (including phenoxy) is 3. The van der Waals surface area contributed by atoms with E-state index in [1.54, 1.807) is 6.07 Å². The molecule has 0 radical (unpaired) electrons. The highest BCUT2D eigenvalue weighted by atomic mass is 19.3. The second kappa shape index (κ2) is 8.69. The molecule has 1 aromatic rings. The van der Waals surface area contributed by atoms with E-state index in [1.807, 2.05) is 20.8 Å². The van der Waals surface area contributed by atoms with E-state index in [4.69, 9.17) is 14.2 Å². The lowest BCUT2D eigenvalue weighted by atomic mass is 9.84. The summed E-state index contributed by atoms with van der Waals surface area (Å²) in [6.07, 6.45) is -0.0264. The first-order valence-electron chi connectivity index (χ1n) is 11.5. The molecular formula is C24H34F3NO4. The third kappa shape index (κ3) is 4.87. The summed E-state index contributed by atoms with van der Waals surface area (Å²) in [5, 5.41) is 10.7. The van der Waals surface area contributed by atoms with Gasteiger partial charge in [-0.1, -0.05) is 0 Å². The summed E-state index contributed by atoms with van der Waals surface area (Å²) >= 11 is 0. The summed E-state index contributed by atoms with van der Waals surface area (Å²) in [5.41, 5.74) is 0.983. The van der Waals surface area contributed by atoms with Crippen molar-refractivity contribution in [3.05, 3.63) is 23.0 Å². The molecule has 32 heavy (non-hydrogen) atoms. The van der Waals surface area contributed by atoms with Gasteiger partial charge in [-0.15, -0.1) is 0 Å². The molecule has 1 N–H and O–H groups in total. The quantitative estimate of drug-likeness (QED) is 0.706. The van der Waals surface area contributed by atoms with Crippen molar-refractivity contribution in [2.75, 3.05) is 26.8 Å². The lowest BCUT2D eigenvalue weighted by molar-refractivity contribution is -0.149. The van der Waals surface area contributed by atoms with Crippen LogP contribution in [0.25, 0.3) is 0 Å². The monoisotopic (exact) mass is 457 g/mol. The molecule has 180 valence electrons. The number of hydrogen-bond acceptors (Lipinski definition) is 5. The Morgan fingerprint density at radius 1 is 1.28 bits per heavy atom. The van der Waals surface area contributed by atoms with Crippen LogP contribution in [0.2, 0.25) is 0 Å². The maximum atomic E-state index is 15.5. The van der Waals surface area contributed by atoms with Crippen LogP contribution in [-0.2, 0) is 11.2 Å². The Morgan fingerprint density at radius 3 is 2.66 bits per heavy atom. The molecule has 2 aliphatic heterocycles. The molecule has 3 aliphatic rings. The predicted octanol–water partition coefficient (Wildman–Crippen LogP) is 4.50. The molecular weight excluding hydrogens is 423 g/mol. The number of nitrogens with zero attached hydrogens (tertiary/aromatic N) is 1. The van der Waals surface area contributed by atoms with Gasteiger partial charge >= 0.3 is 0 Å². The first-order valence-corrected chi connectivity index (χ1v) is 11.5. The maximum Gasteiger partial charge on any atom is 0.248 e. The van der Waals surface area contributed by atoms with Crippen LogP contribution in [0.5, 0.6) is 11.5 Å². The van der Waals surface area contributed by atoms with Crippen molar-refractivity contribution >= 4 is 0 Å². The van der Waals surface area contributed by atoms with Crippen LogP contribution in [0, 0.1) is 11.7 Å². The van der Waals surface area contributed by atoms with E-state index >= 15 is 4.39 Å².